The zero-order valence-electron chi connectivity index (χ0n) is 8.80. The molecular formula is C8H11N7O2. The summed E-state index contributed by atoms with van der Waals surface area (Å²) in [5.41, 5.74) is 5.03. The van der Waals surface area contributed by atoms with Crippen LogP contribution in [0.2, 0.25) is 0 Å². The number of nitrogens with zero attached hydrogens (tertiary/aromatic N) is 3. The second kappa shape index (κ2) is 4.51. The van der Waals surface area contributed by atoms with Crippen molar-refractivity contribution in [3.63, 3.8) is 0 Å². The molecule has 0 aliphatic heterocycles. The molecule has 0 atom stereocenters. The van der Waals surface area contributed by atoms with Gasteiger partial charge in [0.15, 0.2) is 5.65 Å². The lowest BCUT2D eigenvalue weighted by atomic mass is 10.5. The number of fused-ring (bicyclic) bond motifs is 1. The van der Waals surface area contributed by atoms with Crippen molar-refractivity contribution < 1.29 is 4.79 Å². The molecule has 0 spiro atoms. The number of hydrogen-bond acceptors (Lipinski definition) is 5. The quantitative estimate of drug-likeness (QED) is 0.480. The zero-order valence-corrected chi connectivity index (χ0v) is 8.80. The molecule has 0 bridgehead atoms. The zero-order chi connectivity index (χ0) is 12.3. The van der Waals surface area contributed by atoms with Crippen LogP contribution >= 0.6 is 0 Å². The van der Waals surface area contributed by atoms with Crippen LogP contribution in [-0.2, 0) is 0 Å². The third-order valence-corrected chi connectivity index (χ3v) is 2.04. The normalized spacial score (nSPS) is 10.4. The smallest absolute Gasteiger partial charge is 0.348 e. The third-order valence-electron chi connectivity index (χ3n) is 2.04. The number of aromatic nitrogens is 4. The second-order valence-electron chi connectivity index (χ2n) is 3.25. The van der Waals surface area contributed by atoms with Gasteiger partial charge >= 0.3 is 11.7 Å². The van der Waals surface area contributed by atoms with Crippen molar-refractivity contribution in [1.29, 1.82) is 0 Å². The van der Waals surface area contributed by atoms with Gasteiger partial charge < -0.3 is 16.4 Å². The molecule has 9 nitrogen and oxygen atoms in total. The second-order valence-corrected chi connectivity index (χ2v) is 3.25. The lowest BCUT2D eigenvalue weighted by molar-refractivity contribution is 0.249. The van der Waals surface area contributed by atoms with Crippen molar-refractivity contribution >= 4 is 17.5 Å². The van der Waals surface area contributed by atoms with Gasteiger partial charge in [-0.3, -0.25) is 0 Å². The van der Waals surface area contributed by atoms with E-state index in [0.29, 0.717) is 24.6 Å². The van der Waals surface area contributed by atoms with Gasteiger partial charge in [0.2, 0.25) is 0 Å². The number of urea groups is 1. The number of rotatable bonds is 4. The van der Waals surface area contributed by atoms with E-state index in [0.717, 1.165) is 0 Å². The monoisotopic (exact) mass is 237 g/mol. The number of carbonyl (C=O) groups is 1. The van der Waals surface area contributed by atoms with Gasteiger partial charge in [-0.05, 0) is 0 Å². The Morgan fingerprint density at radius 3 is 3.12 bits per heavy atom. The Hall–Kier alpha value is -2.58. The fraction of sp³-hybridized carbons (Fsp3) is 0.250. The van der Waals surface area contributed by atoms with E-state index < -0.39 is 6.03 Å². The maximum Gasteiger partial charge on any atom is 0.348 e. The van der Waals surface area contributed by atoms with Gasteiger partial charge in [-0.2, -0.15) is 5.10 Å². The first-order valence-corrected chi connectivity index (χ1v) is 4.87. The number of hydrogen-bond donors (Lipinski definition) is 4. The molecule has 0 fully saturated rings. The summed E-state index contributed by atoms with van der Waals surface area (Å²) in [6.45, 7) is 0.857. The van der Waals surface area contributed by atoms with Crippen LogP contribution in [0.3, 0.4) is 0 Å². The van der Waals surface area contributed by atoms with Crippen molar-refractivity contribution in [1.82, 2.24) is 24.9 Å². The number of H-pyrrole nitrogens is 1. The molecule has 2 aromatic heterocycles. The standard InChI is InChI=1S/C8H11N7O2/c9-7(16)11-2-1-10-5-3-6-13-14-8(17)15(6)4-12-5/h3-4,10H,1-2H2,(H,14,17)(H3,9,11,16). The molecule has 90 valence electrons. The molecule has 0 radical (unpaired) electrons. The van der Waals surface area contributed by atoms with Gasteiger partial charge in [0.05, 0.1) is 0 Å². The van der Waals surface area contributed by atoms with E-state index in [9.17, 15) is 9.59 Å². The SMILES string of the molecule is NC(=O)NCCNc1cc2n[nH]c(=O)n2cn1. The molecule has 2 heterocycles. The molecule has 0 aromatic carbocycles. The van der Waals surface area contributed by atoms with E-state index >= 15 is 0 Å². The fourth-order valence-electron chi connectivity index (χ4n) is 1.28. The maximum atomic E-state index is 11.1. The van der Waals surface area contributed by atoms with E-state index in [1.807, 2.05) is 0 Å². The van der Waals surface area contributed by atoms with Gasteiger partial charge in [-0.1, -0.05) is 0 Å². The molecular weight excluding hydrogens is 226 g/mol. The summed E-state index contributed by atoms with van der Waals surface area (Å²) in [4.78, 5) is 25.6. The largest absolute Gasteiger partial charge is 0.368 e. The summed E-state index contributed by atoms with van der Waals surface area (Å²) in [5, 5.41) is 11.5. The van der Waals surface area contributed by atoms with Crippen LogP contribution in [0.4, 0.5) is 10.6 Å². The van der Waals surface area contributed by atoms with Gasteiger partial charge in [0.1, 0.15) is 12.1 Å². The number of carbonyl (C=O) groups excluding carboxylic acids is 1. The average Bonchev–Trinajstić information content (AvgIpc) is 2.66. The van der Waals surface area contributed by atoms with Crippen LogP contribution in [-0.4, -0.2) is 38.7 Å². The lowest BCUT2D eigenvalue weighted by Gasteiger charge is -2.05. The highest BCUT2D eigenvalue weighted by molar-refractivity contribution is 5.71. The molecule has 5 N–H and O–H groups in total. The van der Waals surface area contributed by atoms with Crippen molar-refractivity contribution in [2.75, 3.05) is 18.4 Å². The topological polar surface area (TPSA) is 130 Å². The molecule has 0 saturated heterocycles. The summed E-state index contributed by atoms with van der Waals surface area (Å²) in [5.74, 6) is 0.558. The molecule has 17 heavy (non-hydrogen) atoms. The van der Waals surface area contributed by atoms with Crippen LogP contribution in [0.25, 0.3) is 5.65 Å². The van der Waals surface area contributed by atoms with Gasteiger partial charge in [-0.25, -0.2) is 24.1 Å². The number of amides is 2. The van der Waals surface area contributed by atoms with Crippen LogP contribution < -0.4 is 22.1 Å². The molecule has 0 aliphatic carbocycles. The Kier molecular flexibility index (Phi) is 2.90. The molecule has 2 rings (SSSR count). The Labute approximate surface area is 95.0 Å². The van der Waals surface area contributed by atoms with Crippen LogP contribution in [0.1, 0.15) is 0 Å². The Bertz CT molecular complexity index is 587. The maximum absolute atomic E-state index is 11.1. The van der Waals surface area contributed by atoms with E-state index in [1.165, 1.54) is 10.7 Å². The predicted octanol–water partition coefficient (Wildman–Crippen LogP) is -1.50. The van der Waals surface area contributed by atoms with Crippen LogP contribution in [0, 0.1) is 0 Å². The first-order valence-electron chi connectivity index (χ1n) is 4.87. The molecule has 0 unspecified atom stereocenters. The van der Waals surface area contributed by atoms with Gasteiger partial charge in [-0.15, -0.1) is 0 Å². The number of anilines is 1. The Morgan fingerprint density at radius 1 is 1.53 bits per heavy atom. The Morgan fingerprint density at radius 2 is 2.35 bits per heavy atom. The minimum atomic E-state index is -0.575. The summed E-state index contributed by atoms with van der Waals surface area (Å²) in [7, 11) is 0. The number of aromatic amines is 1. The molecule has 2 aromatic rings. The molecule has 9 heteroatoms. The summed E-state index contributed by atoms with van der Waals surface area (Å²) < 4.78 is 1.28. The molecule has 0 saturated carbocycles. The molecule has 2 amide bonds. The van der Waals surface area contributed by atoms with E-state index in [-0.39, 0.29) is 5.69 Å². The summed E-state index contributed by atoms with van der Waals surface area (Å²) in [6.07, 6.45) is 1.37. The first-order chi connectivity index (χ1) is 8.16. The average molecular weight is 237 g/mol. The third kappa shape index (κ3) is 2.51. The van der Waals surface area contributed by atoms with Crippen molar-refractivity contribution in [2.45, 2.75) is 0 Å². The number of nitrogens with two attached hydrogens (primary N) is 1. The highest BCUT2D eigenvalue weighted by Crippen LogP contribution is 2.02. The fourth-order valence-corrected chi connectivity index (χ4v) is 1.28. The van der Waals surface area contributed by atoms with Crippen LogP contribution in [0.5, 0.6) is 0 Å². The minimum Gasteiger partial charge on any atom is -0.368 e. The highest BCUT2D eigenvalue weighted by Gasteiger charge is 2.01. The predicted molar refractivity (Wildman–Crippen MR) is 59.7 cm³/mol. The van der Waals surface area contributed by atoms with Crippen LogP contribution in [0.15, 0.2) is 17.2 Å². The van der Waals surface area contributed by atoms with E-state index in [1.54, 1.807) is 6.07 Å². The number of nitrogens with one attached hydrogen (secondary N) is 3. The summed E-state index contributed by atoms with van der Waals surface area (Å²) >= 11 is 0. The van der Waals surface area contributed by atoms with Crippen molar-refractivity contribution in [3.8, 4) is 0 Å². The van der Waals surface area contributed by atoms with Gasteiger partial charge in [0, 0.05) is 19.2 Å². The van der Waals surface area contributed by atoms with Crippen molar-refractivity contribution in [2.24, 2.45) is 5.73 Å². The molecule has 0 aliphatic rings. The first kappa shape index (κ1) is 10.9. The summed E-state index contributed by atoms with van der Waals surface area (Å²) in [6, 6.07) is 1.04. The van der Waals surface area contributed by atoms with E-state index in [2.05, 4.69) is 25.8 Å². The minimum absolute atomic E-state index is 0.338. The van der Waals surface area contributed by atoms with Crippen molar-refractivity contribution in [3.05, 3.63) is 22.9 Å². The van der Waals surface area contributed by atoms with E-state index in [4.69, 9.17) is 5.73 Å². The van der Waals surface area contributed by atoms with Gasteiger partial charge in [0.25, 0.3) is 0 Å². The number of primary amides is 1. The Balaban J connectivity index is 2.00. The lowest BCUT2D eigenvalue weighted by Crippen LogP contribution is -2.33. The highest BCUT2D eigenvalue weighted by atomic mass is 16.2.